The van der Waals surface area contributed by atoms with Gasteiger partial charge in [0.25, 0.3) is 0 Å². The summed E-state index contributed by atoms with van der Waals surface area (Å²) in [7, 11) is 1.70. The van der Waals surface area contributed by atoms with Gasteiger partial charge in [-0.3, -0.25) is 0 Å². The molecule has 124 valence electrons. The molecule has 1 unspecified atom stereocenters. The van der Waals surface area contributed by atoms with E-state index in [0.29, 0.717) is 17.6 Å². The minimum absolute atomic E-state index is 0.296. The minimum Gasteiger partial charge on any atom is -0.497 e. The molecule has 1 aliphatic carbocycles. The Labute approximate surface area is 142 Å². The van der Waals surface area contributed by atoms with Crippen LogP contribution in [-0.2, 0) is 19.3 Å². The molecule has 1 aliphatic rings. The van der Waals surface area contributed by atoms with Crippen LogP contribution in [0.3, 0.4) is 0 Å². The Hall–Kier alpha value is -2.61. The van der Waals surface area contributed by atoms with Gasteiger partial charge >= 0.3 is 0 Å². The Balaban J connectivity index is 1.81. The van der Waals surface area contributed by atoms with Gasteiger partial charge in [-0.1, -0.05) is 13.0 Å². The number of nitrogens with one attached hydrogen (secondary N) is 1. The van der Waals surface area contributed by atoms with E-state index in [9.17, 15) is 0 Å². The fourth-order valence-electron chi connectivity index (χ4n) is 3.19. The molecule has 0 amide bonds. The summed E-state index contributed by atoms with van der Waals surface area (Å²) in [5, 5.41) is 12.6. The first kappa shape index (κ1) is 16.3. The molecule has 0 radical (unpaired) electrons. The summed E-state index contributed by atoms with van der Waals surface area (Å²) in [5.74, 6) is 2.35. The second-order valence-corrected chi connectivity index (χ2v) is 6.09. The fourth-order valence-corrected chi connectivity index (χ4v) is 3.19. The lowest BCUT2D eigenvalue weighted by molar-refractivity contribution is 0.414. The molecule has 1 heterocycles. The standard InChI is InChI=1S/C19H22N4O/c1-3-18-22-16(12-20)11-19(23-18)21-15-6-4-5-13-7-8-17(24-2)10-14(13)9-15/h7-8,10-11,15H,3-6,9H2,1-2H3,(H,21,22,23). The van der Waals surface area contributed by atoms with Gasteiger partial charge in [-0.2, -0.15) is 5.26 Å². The van der Waals surface area contributed by atoms with Crippen molar-refractivity contribution in [1.82, 2.24) is 9.97 Å². The predicted molar refractivity (Wildman–Crippen MR) is 93.2 cm³/mol. The number of ether oxygens (including phenoxy) is 1. The van der Waals surface area contributed by atoms with E-state index in [1.807, 2.05) is 13.0 Å². The fraction of sp³-hybridized carbons (Fsp3) is 0.421. The zero-order valence-corrected chi connectivity index (χ0v) is 14.2. The average Bonchev–Trinajstić information content (AvgIpc) is 2.82. The number of nitriles is 1. The number of nitrogens with zero attached hydrogens (tertiary/aromatic N) is 3. The molecule has 2 aromatic rings. The molecule has 0 spiro atoms. The van der Waals surface area contributed by atoms with E-state index < -0.39 is 0 Å². The third-order valence-corrected chi connectivity index (χ3v) is 4.43. The van der Waals surface area contributed by atoms with Gasteiger partial charge in [0.2, 0.25) is 0 Å². The molecule has 0 aliphatic heterocycles. The van der Waals surface area contributed by atoms with E-state index >= 15 is 0 Å². The highest BCUT2D eigenvalue weighted by Gasteiger charge is 2.18. The SMILES string of the molecule is CCc1nc(C#N)cc(NC2CCCc3ccc(OC)cc3C2)n1. The molecular weight excluding hydrogens is 300 g/mol. The highest BCUT2D eigenvalue weighted by molar-refractivity contribution is 5.43. The van der Waals surface area contributed by atoms with Crippen molar-refractivity contribution in [2.24, 2.45) is 0 Å². The van der Waals surface area contributed by atoms with Crippen LogP contribution in [0.25, 0.3) is 0 Å². The number of hydrogen-bond acceptors (Lipinski definition) is 5. The van der Waals surface area contributed by atoms with Crippen molar-refractivity contribution in [2.75, 3.05) is 12.4 Å². The Bertz CT molecular complexity index is 766. The summed E-state index contributed by atoms with van der Waals surface area (Å²) >= 11 is 0. The van der Waals surface area contributed by atoms with Gasteiger partial charge in [-0.25, -0.2) is 9.97 Å². The molecule has 0 bridgehead atoms. The molecule has 3 rings (SSSR count). The van der Waals surface area contributed by atoms with Gasteiger partial charge in [0.1, 0.15) is 29.2 Å². The minimum atomic E-state index is 0.296. The maximum absolute atomic E-state index is 9.14. The van der Waals surface area contributed by atoms with Crippen LogP contribution in [-0.4, -0.2) is 23.1 Å². The molecule has 24 heavy (non-hydrogen) atoms. The Morgan fingerprint density at radius 3 is 2.92 bits per heavy atom. The maximum Gasteiger partial charge on any atom is 0.146 e. The van der Waals surface area contributed by atoms with Gasteiger partial charge in [-0.15, -0.1) is 0 Å². The molecule has 1 atom stereocenters. The number of aryl methyl sites for hydroxylation is 2. The Morgan fingerprint density at radius 2 is 2.17 bits per heavy atom. The summed E-state index contributed by atoms with van der Waals surface area (Å²) < 4.78 is 5.36. The molecule has 1 aromatic heterocycles. The van der Waals surface area contributed by atoms with Crippen LogP contribution in [0.4, 0.5) is 5.82 Å². The third-order valence-electron chi connectivity index (χ3n) is 4.43. The van der Waals surface area contributed by atoms with Crippen LogP contribution in [0.1, 0.15) is 42.4 Å². The van der Waals surface area contributed by atoms with Gasteiger partial charge in [0.15, 0.2) is 0 Å². The number of benzene rings is 1. The lowest BCUT2D eigenvalue weighted by Crippen LogP contribution is -2.22. The van der Waals surface area contributed by atoms with Crippen LogP contribution in [0, 0.1) is 11.3 Å². The summed E-state index contributed by atoms with van der Waals surface area (Å²) in [4.78, 5) is 8.73. The van der Waals surface area contributed by atoms with E-state index in [0.717, 1.165) is 43.7 Å². The second kappa shape index (κ2) is 7.31. The molecule has 0 fully saturated rings. The van der Waals surface area contributed by atoms with Crippen LogP contribution < -0.4 is 10.1 Å². The van der Waals surface area contributed by atoms with E-state index in [1.165, 1.54) is 11.1 Å². The zero-order valence-electron chi connectivity index (χ0n) is 14.2. The first-order valence-electron chi connectivity index (χ1n) is 8.42. The summed E-state index contributed by atoms with van der Waals surface area (Å²) in [5.41, 5.74) is 3.14. The molecule has 5 heteroatoms. The molecule has 5 nitrogen and oxygen atoms in total. The normalized spacial score (nSPS) is 16.6. The number of rotatable bonds is 4. The lowest BCUT2D eigenvalue weighted by Gasteiger charge is -2.18. The third kappa shape index (κ3) is 3.65. The summed E-state index contributed by atoms with van der Waals surface area (Å²) in [6.07, 6.45) is 4.94. The van der Waals surface area contributed by atoms with Crippen molar-refractivity contribution in [3.63, 3.8) is 0 Å². The number of anilines is 1. The van der Waals surface area contributed by atoms with E-state index in [1.54, 1.807) is 13.2 Å². The van der Waals surface area contributed by atoms with Gasteiger partial charge in [0.05, 0.1) is 7.11 Å². The van der Waals surface area contributed by atoms with E-state index in [2.05, 4.69) is 33.5 Å². The first-order chi connectivity index (χ1) is 11.7. The monoisotopic (exact) mass is 322 g/mol. The number of methoxy groups -OCH3 is 1. The highest BCUT2D eigenvalue weighted by atomic mass is 16.5. The van der Waals surface area contributed by atoms with Gasteiger partial charge in [-0.05, 0) is 48.9 Å². The van der Waals surface area contributed by atoms with Crippen molar-refractivity contribution in [3.8, 4) is 11.8 Å². The molecule has 0 saturated carbocycles. The van der Waals surface area contributed by atoms with Crippen molar-refractivity contribution < 1.29 is 4.74 Å². The van der Waals surface area contributed by atoms with Crippen molar-refractivity contribution in [1.29, 1.82) is 5.26 Å². The van der Waals surface area contributed by atoms with E-state index in [-0.39, 0.29) is 0 Å². The van der Waals surface area contributed by atoms with Crippen molar-refractivity contribution in [2.45, 2.75) is 45.1 Å². The number of aromatic nitrogens is 2. The number of fused-ring (bicyclic) bond motifs is 1. The molecule has 1 aromatic carbocycles. The summed E-state index contributed by atoms with van der Waals surface area (Å²) in [6, 6.07) is 10.5. The quantitative estimate of drug-likeness (QED) is 0.875. The zero-order chi connectivity index (χ0) is 16.9. The van der Waals surface area contributed by atoms with Crippen LogP contribution in [0.5, 0.6) is 5.75 Å². The Kier molecular flexibility index (Phi) is 4.95. The molecule has 0 saturated heterocycles. The van der Waals surface area contributed by atoms with Gasteiger partial charge in [0, 0.05) is 18.5 Å². The maximum atomic E-state index is 9.14. The predicted octanol–water partition coefficient (Wildman–Crippen LogP) is 3.28. The first-order valence-corrected chi connectivity index (χ1v) is 8.42. The van der Waals surface area contributed by atoms with Gasteiger partial charge < -0.3 is 10.1 Å². The highest BCUT2D eigenvalue weighted by Crippen LogP contribution is 2.26. The van der Waals surface area contributed by atoms with Crippen molar-refractivity contribution in [3.05, 3.63) is 46.9 Å². The largest absolute Gasteiger partial charge is 0.497 e. The van der Waals surface area contributed by atoms with Crippen LogP contribution in [0.2, 0.25) is 0 Å². The number of hydrogen-bond donors (Lipinski definition) is 1. The topological polar surface area (TPSA) is 70.8 Å². The van der Waals surface area contributed by atoms with Crippen LogP contribution in [0.15, 0.2) is 24.3 Å². The molecule has 1 N–H and O–H groups in total. The summed E-state index contributed by atoms with van der Waals surface area (Å²) in [6.45, 7) is 1.99. The lowest BCUT2D eigenvalue weighted by atomic mass is 10.0. The average molecular weight is 322 g/mol. The van der Waals surface area contributed by atoms with E-state index in [4.69, 9.17) is 10.00 Å². The molecular formula is C19H22N4O. The van der Waals surface area contributed by atoms with Crippen molar-refractivity contribution >= 4 is 5.82 Å². The smallest absolute Gasteiger partial charge is 0.146 e. The Morgan fingerprint density at radius 1 is 1.29 bits per heavy atom. The van der Waals surface area contributed by atoms with Crippen LogP contribution >= 0.6 is 0 Å². The second-order valence-electron chi connectivity index (χ2n) is 6.09.